The summed E-state index contributed by atoms with van der Waals surface area (Å²) in [7, 11) is 0. The molecular weight excluding hydrogens is 192 g/mol. The Bertz CT molecular complexity index is 333. The molecule has 2 nitrogen and oxygen atoms in total. The van der Waals surface area contributed by atoms with E-state index in [-0.39, 0.29) is 0 Å². The van der Waals surface area contributed by atoms with Crippen LogP contribution >= 0.6 is 12.2 Å². The first-order chi connectivity index (χ1) is 6.50. The molecule has 0 radical (unpaired) electrons. The molecule has 1 N–H and O–H groups in total. The van der Waals surface area contributed by atoms with Gasteiger partial charge in [-0.1, -0.05) is 39.9 Å². The van der Waals surface area contributed by atoms with Crippen LogP contribution < -0.4 is 0 Å². The van der Waals surface area contributed by atoms with Crippen molar-refractivity contribution in [1.82, 2.24) is 9.78 Å². The van der Waals surface area contributed by atoms with Gasteiger partial charge in [0.1, 0.15) is 4.64 Å². The average molecular weight is 212 g/mol. The number of nitrogens with zero attached hydrogens (tertiary/aromatic N) is 1. The first kappa shape index (κ1) is 11.5. The van der Waals surface area contributed by atoms with Gasteiger partial charge in [-0.3, -0.25) is 4.68 Å². The van der Waals surface area contributed by atoms with Crippen LogP contribution in [0.15, 0.2) is 6.07 Å². The van der Waals surface area contributed by atoms with Crippen LogP contribution in [0.3, 0.4) is 0 Å². The van der Waals surface area contributed by atoms with Gasteiger partial charge < -0.3 is 5.10 Å². The van der Waals surface area contributed by atoms with Crippen molar-refractivity contribution in [2.24, 2.45) is 5.92 Å². The van der Waals surface area contributed by atoms with Crippen LogP contribution in [-0.2, 0) is 6.54 Å². The third-order valence-electron chi connectivity index (χ3n) is 2.36. The maximum atomic E-state index is 5.28. The number of aromatic amines is 1. The monoisotopic (exact) mass is 212 g/mol. The highest BCUT2D eigenvalue weighted by atomic mass is 32.1. The van der Waals surface area contributed by atoms with Gasteiger partial charge in [0.25, 0.3) is 0 Å². The zero-order valence-electron chi connectivity index (χ0n) is 9.50. The van der Waals surface area contributed by atoms with Gasteiger partial charge in [-0.05, 0) is 24.3 Å². The molecule has 0 atom stereocenters. The number of aromatic nitrogens is 2. The van der Waals surface area contributed by atoms with E-state index in [0.29, 0.717) is 5.92 Å². The molecule has 1 heterocycles. The number of hydrogen-bond acceptors (Lipinski definition) is 1. The largest absolute Gasteiger partial charge is 0.301 e. The molecule has 14 heavy (non-hydrogen) atoms. The van der Waals surface area contributed by atoms with Crippen molar-refractivity contribution in [1.29, 1.82) is 0 Å². The summed E-state index contributed by atoms with van der Waals surface area (Å²) in [5.74, 6) is 1.25. The summed E-state index contributed by atoms with van der Waals surface area (Å²) in [6, 6.07) is 2.07. The Morgan fingerprint density at radius 2 is 2.00 bits per heavy atom. The van der Waals surface area contributed by atoms with Gasteiger partial charge in [0.05, 0.1) is 0 Å². The van der Waals surface area contributed by atoms with Crippen LogP contribution in [-0.4, -0.2) is 9.78 Å². The van der Waals surface area contributed by atoms with Crippen LogP contribution in [0.25, 0.3) is 0 Å². The summed E-state index contributed by atoms with van der Waals surface area (Å²) >= 11 is 5.28. The van der Waals surface area contributed by atoms with Crippen molar-refractivity contribution in [3.63, 3.8) is 0 Å². The molecule has 0 aliphatic carbocycles. The molecule has 0 saturated heterocycles. The Labute approximate surface area is 91.3 Å². The van der Waals surface area contributed by atoms with Gasteiger partial charge in [0.2, 0.25) is 0 Å². The van der Waals surface area contributed by atoms with E-state index in [1.54, 1.807) is 0 Å². The van der Waals surface area contributed by atoms with Crippen molar-refractivity contribution in [3.8, 4) is 0 Å². The molecule has 0 spiro atoms. The molecule has 0 aromatic carbocycles. The molecule has 0 amide bonds. The Balaban J connectivity index is 2.73. The fraction of sp³-hybridized carbons (Fsp3) is 0.727. The zero-order valence-corrected chi connectivity index (χ0v) is 10.3. The summed E-state index contributed by atoms with van der Waals surface area (Å²) in [5, 5.41) is 3.35. The molecule has 1 aromatic rings. The minimum absolute atomic E-state index is 0.525. The number of H-pyrrole nitrogens is 1. The van der Waals surface area contributed by atoms with Crippen LogP contribution in [0.4, 0.5) is 0 Å². The molecular formula is C11H20N2S. The molecule has 0 aliphatic rings. The second-order valence-electron chi connectivity index (χ2n) is 4.54. The lowest BCUT2D eigenvalue weighted by molar-refractivity contribution is 0.480. The lowest BCUT2D eigenvalue weighted by Gasteiger charge is -2.06. The highest BCUT2D eigenvalue weighted by Gasteiger charge is 2.04. The lowest BCUT2D eigenvalue weighted by atomic mass is 10.1. The van der Waals surface area contributed by atoms with Crippen molar-refractivity contribution in [2.45, 2.75) is 46.6 Å². The maximum absolute atomic E-state index is 5.28. The Kier molecular flexibility index (Phi) is 3.93. The van der Waals surface area contributed by atoms with Crippen molar-refractivity contribution < 1.29 is 0 Å². The van der Waals surface area contributed by atoms with Gasteiger partial charge in [-0.15, -0.1) is 0 Å². The Morgan fingerprint density at radius 1 is 1.36 bits per heavy atom. The standard InChI is InChI=1S/C11H20N2S/c1-8(2)5-6-13-11(14)7-10(12-13)9(3)4/h7-9,12H,5-6H2,1-4H3. The van der Waals surface area contributed by atoms with Crippen LogP contribution in [0.1, 0.15) is 45.7 Å². The van der Waals surface area contributed by atoms with E-state index in [4.69, 9.17) is 12.2 Å². The Hall–Kier alpha value is -0.570. The predicted octanol–water partition coefficient (Wildman–Crippen LogP) is 3.72. The molecule has 1 rings (SSSR count). The molecule has 0 aliphatic heterocycles. The van der Waals surface area contributed by atoms with Crippen LogP contribution in [0, 0.1) is 10.6 Å². The lowest BCUT2D eigenvalue weighted by Crippen LogP contribution is -2.04. The van der Waals surface area contributed by atoms with Gasteiger partial charge >= 0.3 is 0 Å². The normalized spacial score (nSPS) is 11.6. The van der Waals surface area contributed by atoms with Crippen molar-refractivity contribution in [3.05, 3.63) is 16.4 Å². The number of rotatable bonds is 4. The Morgan fingerprint density at radius 3 is 2.43 bits per heavy atom. The maximum Gasteiger partial charge on any atom is 0.122 e. The molecule has 3 heteroatoms. The SMILES string of the molecule is CC(C)CCn1[nH]c(C(C)C)cc1=S. The summed E-state index contributed by atoms with van der Waals surface area (Å²) in [6.07, 6.45) is 1.17. The molecule has 1 aromatic heterocycles. The topological polar surface area (TPSA) is 20.7 Å². The molecule has 0 fully saturated rings. The molecule has 0 saturated carbocycles. The second kappa shape index (κ2) is 4.78. The summed E-state index contributed by atoms with van der Waals surface area (Å²) in [5.41, 5.74) is 1.23. The van der Waals surface area contributed by atoms with Crippen LogP contribution in [0.5, 0.6) is 0 Å². The van der Waals surface area contributed by atoms with E-state index < -0.39 is 0 Å². The van der Waals surface area contributed by atoms with E-state index >= 15 is 0 Å². The smallest absolute Gasteiger partial charge is 0.122 e. The highest BCUT2D eigenvalue weighted by Crippen LogP contribution is 2.13. The third kappa shape index (κ3) is 2.98. The predicted molar refractivity (Wildman–Crippen MR) is 63.2 cm³/mol. The van der Waals surface area contributed by atoms with E-state index in [2.05, 4.69) is 43.5 Å². The van der Waals surface area contributed by atoms with Crippen molar-refractivity contribution in [2.75, 3.05) is 0 Å². The minimum atomic E-state index is 0.525. The summed E-state index contributed by atoms with van der Waals surface area (Å²) in [6.45, 7) is 9.82. The number of aryl methyl sites for hydroxylation is 1. The molecule has 0 bridgehead atoms. The van der Waals surface area contributed by atoms with E-state index in [1.165, 1.54) is 12.1 Å². The minimum Gasteiger partial charge on any atom is -0.301 e. The number of nitrogens with one attached hydrogen (secondary N) is 1. The first-order valence-corrected chi connectivity index (χ1v) is 5.71. The number of hydrogen-bond donors (Lipinski definition) is 1. The second-order valence-corrected chi connectivity index (χ2v) is 4.96. The first-order valence-electron chi connectivity index (χ1n) is 5.30. The van der Waals surface area contributed by atoms with Gasteiger partial charge in [0.15, 0.2) is 0 Å². The summed E-state index contributed by atoms with van der Waals surface area (Å²) < 4.78 is 3.00. The van der Waals surface area contributed by atoms with E-state index in [9.17, 15) is 0 Å². The molecule has 0 unspecified atom stereocenters. The fourth-order valence-electron chi connectivity index (χ4n) is 1.30. The molecule has 80 valence electrons. The quantitative estimate of drug-likeness (QED) is 0.754. The van der Waals surface area contributed by atoms with E-state index in [1.807, 2.05) is 0 Å². The van der Waals surface area contributed by atoms with Crippen LogP contribution in [0.2, 0.25) is 0 Å². The third-order valence-corrected chi connectivity index (χ3v) is 2.70. The highest BCUT2D eigenvalue weighted by molar-refractivity contribution is 7.71. The van der Waals surface area contributed by atoms with Gasteiger partial charge in [-0.2, -0.15) is 0 Å². The summed E-state index contributed by atoms with van der Waals surface area (Å²) in [4.78, 5) is 0. The zero-order chi connectivity index (χ0) is 10.7. The van der Waals surface area contributed by atoms with Gasteiger partial charge in [-0.25, -0.2) is 0 Å². The average Bonchev–Trinajstić information content (AvgIpc) is 2.43. The fourth-order valence-corrected chi connectivity index (χ4v) is 1.57. The van der Waals surface area contributed by atoms with E-state index in [0.717, 1.165) is 17.1 Å². The van der Waals surface area contributed by atoms with Crippen molar-refractivity contribution >= 4 is 12.2 Å². The van der Waals surface area contributed by atoms with Gasteiger partial charge in [0, 0.05) is 12.2 Å².